The van der Waals surface area contributed by atoms with Gasteiger partial charge in [-0.05, 0) is 29.5 Å². The molecule has 0 aliphatic heterocycles. The summed E-state index contributed by atoms with van der Waals surface area (Å²) in [6, 6.07) is 5.65. The number of hydrogen-bond acceptors (Lipinski definition) is 3. The Balaban J connectivity index is 2.54. The summed E-state index contributed by atoms with van der Waals surface area (Å²) >= 11 is 0. The van der Waals surface area contributed by atoms with Crippen molar-refractivity contribution in [1.82, 2.24) is 0 Å². The van der Waals surface area contributed by atoms with Crippen LogP contribution >= 0.6 is 0 Å². The van der Waals surface area contributed by atoms with E-state index in [4.69, 9.17) is 14.6 Å². The van der Waals surface area contributed by atoms with Gasteiger partial charge in [0.05, 0.1) is 20.3 Å². The maximum Gasteiger partial charge on any atom is 0.124 e. The summed E-state index contributed by atoms with van der Waals surface area (Å²) in [5, 5.41) is 9.12. The summed E-state index contributed by atoms with van der Waals surface area (Å²) in [5.41, 5.74) is 2.15. The number of aliphatic hydroxyl groups excluding tert-OH is 1. The van der Waals surface area contributed by atoms with E-state index in [1.54, 1.807) is 7.11 Å². The molecule has 0 aromatic heterocycles. The number of aliphatic hydroxyl groups is 1. The lowest BCUT2D eigenvalue weighted by Crippen LogP contribution is -2.09. The van der Waals surface area contributed by atoms with Crippen LogP contribution in [0.2, 0.25) is 0 Å². The van der Waals surface area contributed by atoms with Gasteiger partial charge < -0.3 is 14.6 Å². The Labute approximate surface area is 110 Å². The third-order valence-corrected chi connectivity index (χ3v) is 2.78. The summed E-state index contributed by atoms with van der Waals surface area (Å²) in [6.45, 7) is 7.89. The second-order valence-electron chi connectivity index (χ2n) is 5.67. The highest BCUT2D eigenvalue weighted by molar-refractivity contribution is 5.36. The third-order valence-electron chi connectivity index (χ3n) is 2.78. The minimum absolute atomic E-state index is 0.0407. The van der Waals surface area contributed by atoms with Crippen molar-refractivity contribution < 1.29 is 14.6 Å². The first-order valence-electron chi connectivity index (χ1n) is 6.30. The lowest BCUT2D eigenvalue weighted by Gasteiger charge is -2.18. The van der Waals surface area contributed by atoms with E-state index in [1.807, 2.05) is 18.2 Å². The summed E-state index contributed by atoms with van der Waals surface area (Å²) < 4.78 is 11.0. The van der Waals surface area contributed by atoms with E-state index in [0.717, 1.165) is 29.9 Å². The Morgan fingerprint density at radius 3 is 2.50 bits per heavy atom. The molecular weight excluding hydrogens is 228 g/mol. The second kappa shape index (κ2) is 6.76. The fourth-order valence-electron chi connectivity index (χ4n) is 1.60. The maximum absolute atomic E-state index is 9.12. The SMILES string of the molecule is COc1ccc(CO)cc1COCCC(C)(C)C. The predicted molar refractivity (Wildman–Crippen MR) is 72.6 cm³/mol. The standard InChI is InChI=1S/C15H24O3/c1-15(2,3)7-8-18-11-13-9-12(10-16)5-6-14(13)17-4/h5-6,9,16H,7-8,10-11H2,1-4H3. The van der Waals surface area contributed by atoms with Crippen LogP contribution in [0.4, 0.5) is 0 Å². The normalized spacial score (nSPS) is 11.6. The van der Waals surface area contributed by atoms with Gasteiger partial charge in [-0.15, -0.1) is 0 Å². The fraction of sp³-hybridized carbons (Fsp3) is 0.600. The Morgan fingerprint density at radius 2 is 1.94 bits per heavy atom. The maximum atomic E-state index is 9.12. The quantitative estimate of drug-likeness (QED) is 0.790. The fourth-order valence-corrected chi connectivity index (χ4v) is 1.60. The number of rotatable bonds is 6. The largest absolute Gasteiger partial charge is 0.496 e. The molecule has 0 spiro atoms. The molecule has 102 valence electrons. The molecule has 0 bridgehead atoms. The topological polar surface area (TPSA) is 38.7 Å². The zero-order chi connectivity index (χ0) is 13.6. The van der Waals surface area contributed by atoms with E-state index in [1.165, 1.54) is 0 Å². The summed E-state index contributed by atoms with van der Waals surface area (Å²) in [7, 11) is 1.65. The molecule has 1 N–H and O–H groups in total. The van der Waals surface area contributed by atoms with Crippen molar-refractivity contribution in [2.45, 2.75) is 40.4 Å². The van der Waals surface area contributed by atoms with E-state index >= 15 is 0 Å². The van der Waals surface area contributed by atoms with Crippen molar-refractivity contribution in [3.05, 3.63) is 29.3 Å². The molecule has 1 aromatic rings. The minimum Gasteiger partial charge on any atom is -0.496 e. The molecule has 0 radical (unpaired) electrons. The molecule has 0 saturated heterocycles. The van der Waals surface area contributed by atoms with Gasteiger partial charge in [-0.1, -0.05) is 26.8 Å². The Hall–Kier alpha value is -1.06. The van der Waals surface area contributed by atoms with E-state index < -0.39 is 0 Å². The number of ether oxygens (including phenoxy) is 2. The molecule has 0 saturated carbocycles. The van der Waals surface area contributed by atoms with Crippen LogP contribution in [0.3, 0.4) is 0 Å². The Bertz CT molecular complexity index is 366. The smallest absolute Gasteiger partial charge is 0.124 e. The van der Waals surface area contributed by atoms with Crippen LogP contribution in [-0.4, -0.2) is 18.8 Å². The molecule has 0 aliphatic carbocycles. The first-order valence-corrected chi connectivity index (χ1v) is 6.30. The Kier molecular flexibility index (Phi) is 5.63. The summed E-state index contributed by atoms with van der Waals surface area (Å²) in [4.78, 5) is 0. The molecular formula is C15H24O3. The first kappa shape index (κ1) is 15.0. The second-order valence-corrected chi connectivity index (χ2v) is 5.67. The monoisotopic (exact) mass is 252 g/mol. The van der Waals surface area contributed by atoms with Crippen LogP contribution in [0, 0.1) is 5.41 Å². The van der Waals surface area contributed by atoms with Crippen molar-refractivity contribution >= 4 is 0 Å². The third kappa shape index (κ3) is 5.07. The Morgan fingerprint density at radius 1 is 1.22 bits per heavy atom. The van der Waals surface area contributed by atoms with Crippen molar-refractivity contribution in [2.75, 3.05) is 13.7 Å². The first-order chi connectivity index (χ1) is 8.46. The molecule has 0 fully saturated rings. The van der Waals surface area contributed by atoms with E-state index in [0.29, 0.717) is 6.61 Å². The molecule has 0 heterocycles. The highest BCUT2D eigenvalue weighted by atomic mass is 16.5. The molecule has 0 amide bonds. The highest BCUT2D eigenvalue weighted by Gasteiger charge is 2.10. The van der Waals surface area contributed by atoms with Crippen molar-refractivity contribution in [1.29, 1.82) is 0 Å². The molecule has 0 aliphatic rings. The van der Waals surface area contributed by atoms with Crippen LogP contribution < -0.4 is 4.74 Å². The van der Waals surface area contributed by atoms with Gasteiger partial charge in [0.15, 0.2) is 0 Å². The highest BCUT2D eigenvalue weighted by Crippen LogP contribution is 2.22. The van der Waals surface area contributed by atoms with Crippen molar-refractivity contribution in [3.8, 4) is 5.75 Å². The number of benzene rings is 1. The van der Waals surface area contributed by atoms with Gasteiger partial charge in [0, 0.05) is 12.2 Å². The summed E-state index contributed by atoms with van der Waals surface area (Å²) in [5.74, 6) is 0.808. The van der Waals surface area contributed by atoms with Crippen LogP contribution in [0.1, 0.15) is 38.3 Å². The number of methoxy groups -OCH3 is 1. The predicted octanol–water partition coefficient (Wildman–Crippen LogP) is 3.14. The van der Waals surface area contributed by atoms with E-state index in [-0.39, 0.29) is 12.0 Å². The molecule has 3 heteroatoms. The van der Waals surface area contributed by atoms with Gasteiger partial charge in [0.1, 0.15) is 5.75 Å². The van der Waals surface area contributed by atoms with Gasteiger partial charge in [0.2, 0.25) is 0 Å². The molecule has 3 nitrogen and oxygen atoms in total. The lowest BCUT2D eigenvalue weighted by atomic mass is 9.93. The lowest BCUT2D eigenvalue weighted by molar-refractivity contribution is 0.0947. The van der Waals surface area contributed by atoms with E-state index in [9.17, 15) is 0 Å². The van der Waals surface area contributed by atoms with Crippen LogP contribution in [0.15, 0.2) is 18.2 Å². The van der Waals surface area contributed by atoms with E-state index in [2.05, 4.69) is 20.8 Å². The average molecular weight is 252 g/mol. The van der Waals surface area contributed by atoms with Crippen LogP contribution in [0.5, 0.6) is 5.75 Å². The molecule has 0 unspecified atom stereocenters. The van der Waals surface area contributed by atoms with Gasteiger partial charge in [0.25, 0.3) is 0 Å². The van der Waals surface area contributed by atoms with Crippen LogP contribution in [-0.2, 0) is 18.0 Å². The molecule has 18 heavy (non-hydrogen) atoms. The summed E-state index contributed by atoms with van der Waals surface area (Å²) in [6.07, 6.45) is 1.02. The zero-order valence-electron chi connectivity index (χ0n) is 11.8. The van der Waals surface area contributed by atoms with Gasteiger partial charge in [-0.2, -0.15) is 0 Å². The molecule has 1 aromatic carbocycles. The van der Waals surface area contributed by atoms with Crippen molar-refractivity contribution in [3.63, 3.8) is 0 Å². The zero-order valence-corrected chi connectivity index (χ0v) is 11.8. The van der Waals surface area contributed by atoms with Gasteiger partial charge >= 0.3 is 0 Å². The molecule has 1 rings (SSSR count). The van der Waals surface area contributed by atoms with Gasteiger partial charge in [-0.25, -0.2) is 0 Å². The average Bonchev–Trinajstić information content (AvgIpc) is 2.33. The van der Waals surface area contributed by atoms with Gasteiger partial charge in [-0.3, -0.25) is 0 Å². The van der Waals surface area contributed by atoms with Crippen molar-refractivity contribution in [2.24, 2.45) is 5.41 Å². The van der Waals surface area contributed by atoms with Crippen LogP contribution in [0.25, 0.3) is 0 Å². The number of hydrogen-bond donors (Lipinski definition) is 1. The minimum atomic E-state index is 0.0407. The molecule has 0 atom stereocenters.